The number of aliphatic hydroxyl groups is 1. The molecule has 2 rings (SSSR count). The van der Waals surface area contributed by atoms with Gasteiger partial charge in [0.2, 0.25) is 0 Å². The van der Waals surface area contributed by atoms with E-state index in [0.717, 1.165) is 6.42 Å². The van der Waals surface area contributed by atoms with E-state index in [1.807, 2.05) is 6.92 Å². The third-order valence-corrected chi connectivity index (χ3v) is 3.79. The predicted molar refractivity (Wildman–Crippen MR) is 95.6 cm³/mol. The number of aryl methyl sites for hydroxylation is 1. The zero-order valence-corrected chi connectivity index (χ0v) is 15.1. The first-order valence-electron chi connectivity index (χ1n) is 8.26. The minimum Gasteiger partial charge on any atom is -0.497 e. The van der Waals surface area contributed by atoms with Gasteiger partial charge in [-0.2, -0.15) is 5.10 Å². The van der Waals surface area contributed by atoms with E-state index in [2.05, 4.69) is 10.4 Å². The van der Waals surface area contributed by atoms with Crippen LogP contribution in [0.5, 0.6) is 11.5 Å². The average molecular weight is 361 g/mol. The van der Waals surface area contributed by atoms with E-state index in [1.54, 1.807) is 18.2 Å². The largest absolute Gasteiger partial charge is 0.497 e. The number of methoxy groups -OCH3 is 2. The molecule has 8 heteroatoms. The van der Waals surface area contributed by atoms with E-state index in [9.17, 15) is 14.7 Å². The highest BCUT2D eigenvalue weighted by molar-refractivity contribution is 5.92. The quantitative estimate of drug-likeness (QED) is 0.731. The van der Waals surface area contributed by atoms with E-state index in [0.29, 0.717) is 23.6 Å². The maximum Gasteiger partial charge on any atom is 0.271 e. The second-order valence-corrected chi connectivity index (χ2v) is 5.61. The molecule has 0 aliphatic heterocycles. The van der Waals surface area contributed by atoms with Crippen LogP contribution >= 0.6 is 0 Å². The van der Waals surface area contributed by atoms with Gasteiger partial charge in [-0.05, 0) is 30.7 Å². The second-order valence-electron chi connectivity index (χ2n) is 5.61. The van der Waals surface area contributed by atoms with Gasteiger partial charge in [0.1, 0.15) is 23.3 Å². The zero-order chi connectivity index (χ0) is 19.1. The van der Waals surface area contributed by atoms with Crippen LogP contribution in [0.1, 0.15) is 35.5 Å². The number of hydrogen-bond acceptors (Lipinski definition) is 6. The van der Waals surface area contributed by atoms with Crippen LogP contribution in [0.25, 0.3) is 0 Å². The Bertz CT molecular complexity index is 819. The summed E-state index contributed by atoms with van der Waals surface area (Å²) in [6.07, 6.45) is -0.266. The molecular formula is C18H23N3O5. The van der Waals surface area contributed by atoms with Gasteiger partial charge in [-0.1, -0.05) is 6.92 Å². The van der Waals surface area contributed by atoms with Crippen molar-refractivity contribution in [3.8, 4) is 11.5 Å². The molecule has 0 fully saturated rings. The molecule has 0 aliphatic carbocycles. The maximum absolute atomic E-state index is 12.3. The first kappa shape index (κ1) is 19.5. The lowest BCUT2D eigenvalue weighted by molar-refractivity contribution is 0.0907. The van der Waals surface area contributed by atoms with Crippen molar-refractivity contribution in [2.24, 2.45) is 0 Å². The number of hydrogen-bond donors (Lipinski definition) is 2. The number of aromatic nitrogens is 2. The normalized spacial score (nSPS) is 11.7. The number of ether oxygens (including phenoxy) is 2. The number of nitrogens with one attached hydrogen (secondary N) is 1. The monoisotopic (exact) mass is 361 g/mol. The summed E-state index contributed by atoms with van der Waals surface area (Å²) in [7, 11) is 3.02. The van der Waals surface area contributed by atoms with Crippen molar-refractivity contribution in [2.75, 3.05) is 20.8 Å². The molecule has 0 spiro atoms. The molecule has 26 heavy (non-hydrogen) atoms. The fourth-order valence-electron chi connectivity index (χ4n) is 2.43. The average Bonchev–Trinajstić information content (AvgIpc) is 2.67. The summed E-state index contributed by atoms with van der Waals surface area (Å²) in [5, 5.41) is 17.1. The SMILES string of the molecule is CCCn1nc(C(=O)NCC(O)c2cc(OC)ccc2OC)ccc1=O. The second kappa shape index (κ2) is 9.00. The molecule has 8 nitrogen and oxygen atoms in total. The zero-order valence-electron chi connectivity index (χ0n) is 15.1. The molecule has 2 aromatic rings. The molecule has 2 N–H and O–H groups in total. The van der Waals surface area contributed by atoms with Crippen molar-refractivity contribution < 1.29 is 19.4 Å². The van der Waals surface area contributed by atoms with Crippen LogP contribution in [-0.4, -0.2) is 41.6 Å². The summed E-state index contributed by atoms with van der Waals surface area (Å²) in [4.78, 5) is 23.9. The molecule has 1 aromatic carbocycles. The number of carbonyl (C=O) groups is 1. The number of benzene rings is 1. The number of carbonyl (C=O) groups excluding carboxylic acids is 1. The van der Waals surface area contributed by atoms with Crippen LogP contribution in [-0.2, 0) is 6.54 Å². The first-order valence-corrected chi connectivity index (χ1v) is 8.26. The lowest BCUT2D eigenvalue weighted by Crippen LogP contribution is -2.32. The molecule has 0 bridgehead atoms. The smallest absolute Gasteiger partial charge is 0.271 e. The predicted octanol–water partition coefficient (Wildman–Crippen LogP) is 1.13. The van der Waals surface area contributed by atoms with Gasteiger partial charge in [-0.15, -0.1) is 0 Å². The molecule has 1 aromatic heterocycles. The topological polar surface area (TPSA) is 103 Å². The van der Waals surface area contributed by atoms with Crippen molar-refractivity contribution in [3.63, 3.8) is 0 Å². The summed E-state index contributed by atoms with van der Waals surface area (Å²) < 4.78 is 11.6. The van der Waals surface area contributed by atoms with Gasteiger partial charge in [0.05, 0.1) is 14.2 Å². The molecule has 140 valence electrons. The lowest BCUT2D eigenvalue weighted by atomic mass is 10.1. The Morgan fingerprint density at radius 1 is 1.27 bits per heavy atom. The highest BCUT2D eigenvalue weighted by Gasteiger charge is 2.17. The minimum absolute atomic E-state index is 0.0447. The van der Waals surface area contributed by atoms with Gasteiger partial charge in [-0.3, -0.25) is 9.59 Å². The van der Waals surface area contributed by atoms with E-state index < -0.39 is 12.0 Å². The molecule has 1 heterocycles. The van der Waals surface area contributed by atoms with E-state index in [1.165, 1.54) is 31.0 Å². The maximum atomic E-state index is 12.3. The Morgan fingerprint density at radius 3 is 2.69 bits per heavy atom. The minimum atomic E-state index is -0.995. The Hall–Kier alpha value is -2.87. The Labute approximate surface area is 151 Å². The third kappa shape index (κ3) is 4.60. The molecule has 1 amide bonds. The molecule has 1 atom stereocenters. The fourth-order valence-corrected chi connectivity index (χ4v) is 2.43. The van der Waals surface area contributed by atoms with E-state index >= 15 is 0 Å². The Kier molecular flexibility index (Phi) is 6.74. The van der Waals surface area contributed by atoms with Gasteiger partial charge in [0.25, 0.3) is 11.5 Å². The number of amides is 1. The van der Waals surface area contributed by atoms with E-state index in [-0.39, 0.29) is 17.8 Å². The summed E-state index contributed by atoms with van der Waals surface area (Å²) in [5.74, 6) is 0.581. The lowest BCUT2D eigenvalue weighted by Gasteiger charge is -2.16. The van der Waals surface area contributed by atoms with Crippen LogP contribution < -0.4 is 20.3 Å². The highest BCUT2D eigenvalue weighted by Crippen LogP contribution is 2.29. The Balaban J connectivity index is 2.10. The van der Waals surface area contributed by atoms with Gasteiger partial charge < -0.3 is 19.9 Å². The van der Waals surface area contributed by atoms with Crippen LogP contribution in [0.15, 0.2) is 35.1 Å². The van der Waals surface area contributed by atoms with Crippen LogP contribution in [0.3, 0.4) is 0 Å². The summed E-state index contributed by atoms with van der Waals surface area (Å²) in [6, 6.07) is 7.71. The summed E-state index contributed by atoms with van der Waals surface area (Å²) >= 11 is 0. The highest BCUT2D eigenvalue weighted by atomic mass is 16.5. The number of aliphatic hydroxyl groups excluding tert-OH is 1. The van der Waals surface area contributed by atoms with Crippen LogP contribution in [0, 0.1) is 0 Å². The fraction of sp³-hybridized carbons (Fsp3) is 0.389. The van der Waals surface area contributed by atoms with Gasteiger partial charge in [0, 0.05) is 24.7 Å². The first-order chi connectivity index (χ1) is 12.5. The number of nitrogens with zero attached hydrogens (tertiary/aromatic N) is 2. The van der Waals surface area contributed by atoms with Gasteiger partial charge in [-0.25, -0.2) is 4.68 Å². The van der Waals surface area contributed by atoms with Gasteiger partial charge >= 0.3 is 0 Å². The number of rotatable bonds is 8. The molecule has 0 radical (unpaired) electrons. The molecule has 0 aliphatic rings. The molecule has 0 saturated carbocycles. The Morgan fingerprint density at radius 2 is 2.04 bits per heavy atom. The van der Waals surface area contributed by atoms with Crippen molar-refractivity contribution in [1.29, 1.82) is 0 Å². The third-order valence-electron chi connectivity index (χ3n) is 3.79. The standard InChI is InChI=1S/C18H23N3O5/c1-4-9-21-17(23)8-6-14(20-21)18(24)19-11-15(22)13-10-12(25-2)5-7-16(13)26-3/h5-8,10,15,22H,4,9,11H2,1-3H3,(H,19,24). The van der Waals surface area contributed by atoms with Crippen molar-refractivity contribution in [1.82, 2.24) is 15.1 Å². The van der Waals surface area contributed by atoms with Crippen molar-refractivity contribution in [2.45, 2.75) is 26.0 Å². The summed E-state index contributed by atoms with van der Waals surface area (Å²) in [6.45, 7) is 2.30. The van der Waals surface area contributed by atoms with Crippen molar-refractivity contribution >= 4 is 5.91 Å². The van der Waals surface area contributed by atoms with Crippen molar-refractivity contribution in [3.05, 3.63) is 51.9 Å². The molecule has 1 unspecified atom stereocenters. The van der Waals surface area contributed by atoms with E-state index in [4.69, 9.17) is 9.47 Å². The van der Waals surface area contributed by atoms with Crippen LogP contribution in [0.4, 0.5) is 0 Å². The molecule has 0 saturated heterocycles. The van der Waals surface area contributed by atoms with Gasteiger partial charge in [0.15, 0.2) is 0 Å². The summed E-state index contributed by atoms with van der Waals surface area (Å²) in [5.41, 5.74) is 0.350. The molecular weight excluding hydrogens is 338 g/mol. The van der Waals surface area contributed by atoms with Crippen LogP contribution in [0.2, 0.25) is 0 Å².